The van der Waals surface area contributed by atoms with Gasteiger partial charge in [0.25, 0.3) is 5.91 Å². The maximum atomic E-state index is 12.9. The van der Waals surface area contributed by atoms with Crippen LogP contribution in [0.25, 0.3) is 0 Å². The summed E-state index contributed by atoms with van der Waals surface area (Å²) in [5.41, 5.74) is 0.888. The Hall–Kier alpha value is -4.71. The topological polar surface area (TPSA) is 193 Å². The summed E-state index contributed by atoms with van der Waals surface area (Å²) in [5, 5.41) is 11.3. The van der Waals surface area contributed by atoms with Crippen molar-refractivity contribution >= 4 is 56.9 Å². The Kier molecular flexibility index (Phi) is 13.0. The summed E-state index contributed by atoms with van der Waals surface area (Å²) in [6.07, 6.45) is 3.12. The maximum Gasteiger partial charge on any atom is 0.422 e. The summed E-state index contributed by atoms with van der Waals surface area (Å²) < 4.78 is 69.1. The molecule has 5 N–H and O–H groups in total. The average molecular weight is 755 g/mol. The predicted molar refractivity (Wildman–Crippen MR) is 184 cm³/mol. The first-order chi connectivity index (χ1) is 24.1. The van der Waals surface area contributed by atoms with Crippen molar-refractivity contribution in [2.24, 2.45) is 0 Å². The van der Waals surface area contributed by atoms with Gasteiger partial charge in [-0.15, -0.1) is 0 Å². The Morgan fingerprint density at radius 1 is 1.00 bits per heavy atom. The van der Waals surface area contributed by atoms with Crippen LogP contribution in [0.15, 0.2) is 59.7 Å². The lowest BCUT2D eigenvalue weighted by molar-refractivity contribution is -0.154. The molecule has 0 spiro atoms. The van der Waals surface area contributed by atoms with E-state index in [9.17, 15) is 36.0 Å². The summed E-state index contributed by atoms with van der Waals surface area (Å²) in [6.45, 7) is 4.10. The van der Waals surface area contributed by atoms with Crippen molar-refractivity contribution in [1.29, 1.82) is 0 Å². The first-order valence-electron chi connectivity index (χ1n) is 15.9. The molecule has 1 aromatic carbocycles. The number of aromatic nitrogens is 3. The lowest BCUT2D eigenvalue weighted by Gasteiger charge is -2.19. The molecule has 0 aliphatic heterocycles. The molecule has 51 heavy (non-hydrogen) atoms. The van der Waals surface area contributed by atoms with Gasteiger partial charge in [0.1, 0.15) is 0 Å². The van der Waals surface area contributed by atoms with E-state index in [1.54, 1.807) is 37.3 Å². The molecule has 2 aliphatic rings. The fraction of sp³-hybridized carbons (Fsp3) is 0.438. The van der Waals surface area contributed by atoms with Gasteiger partial charge in [-0.25, -0.2) is 8.42 Å². The van der Waals surface area contributed by atoms with Crippen molar-refractivity contribution in [1.82, 2.24) is 30.3 Å². The molecule has 0 unspecified atom stereocenters. The number of rotatable bonds is 19. The third-order valence-corrected chi connectivity index (χ3v) is 9.50. The summed E-state index contributed by atoms with van der Waals surface area (Å²) in [4.78, 5) is 48.8. The first kappa shape index (κ1) is 39.1. The summed E-state index contributed by atoms with van der Waals surface area (Å²) in [6, 6.07) is 5.55. The smallest absolute Gasteiger partial charge is 0.422 e. The molecule has 0 saturated heterocycles. The van der Waals surface area contributed by atoms with Crippen LogP contribution >= 0.6 is 11.6 Å². The van der Waals surface area contributed by atoms with Gasteiger partial charge in [0.05, 0.1) is 10.8 Å². The standard InChI is InChI=1S/C32H38ClF3N8O6S/c1-3-22(9-6-20(2)33)31(15-16-31)43-29-40-28(41-30(42-29)50-19-32(34,35)36)39-23-10-7-21(8-11-23)27(47)38-17-4-5-25(45)37-18-14-26(46)44-51(48,49)24-12-13-24/h3,6-11,24H,1,4-5,12-19H2,2H3,(H,37,45)(H,38,47)(H,44,46)(H2,39,40,41,42,43)/b20-6+,22-9+. The number of nitrogens with one attached hydrogen (secondary N) is 5. The number of anilines is 3. The number of hydrogen-bond donors (Lipinski definition) is 5. The number of nitrogens with zero attached hydrogens (tertiary/aromatic N) is 3. The maximum absolute atomic E-state index is 12.9. The number of sulfonamides is 1. The Morgan fingerprint density at radius 2 is 1.69 bits per heavy atom. The highest BCUT2D eigenvalue weighted by Crippen LogP contribution is 2.45. The summed E-state index contributed by atoms with van der Waals surface area (Å²) in [7, 11) is -3.63. The second-order valence-corrected chi connectivity index (χ2v) is 14.4. The van der Waals surface area contributed by atoms with E-state index in [0.29, 0.717) is 48.4 Å². The monoisotopic (exact) mass is 754 g/mol. The van der Waals surface area contributed by atoms with Crippen LogP contribution in [0.1, 0.15) is 62.2 Å². The number of amides is 3. The second-order valence-electron chi connectivity index (χ2n) is 11.9. The molecule has 1 aromatic heterocycles. The SMILES string of the molecule is C=C/C(=C\C=C(/C)Cl)C1(Nc2nc(Nc3ccc(C(=O)NCCCC(=O)NCCC(=O)NS(=O)(=O)C4CC4)cc3)nc(OCC(F)(F)F)n2)CC1. The van der Waals surface area contributed by atoms with Crippen LogP contribution in [0, 0.1) is 0 Å². The number of halogens is 4. The zero-order chi connectivity index (χ0) is 37.2. The van der Waals surface area contributed by atoms with Gasteiger partial charge in [0.15, 0.2) is 6.61 Å². The van der Waals surface area contributed by atoms with Crippen LogP contribution in [-0.4, -0.2) is 77.8 Å². The van der Waals surface area contributed by atoms with E-state index >= 15 is 0 Å². The van der Waals surface area contributed by atoms with Crippen LogP contribution in [0.3, 0.4) is 0 Å². The Labute approximate surface area is 297 Å². The van der Waals surface area contributed by atoms with E-state index in [2.05, 4.69) is 42.8 Å². The minimum Gasteiger partial charge on any atom is -0.454 e. The van der Waals surface area contributed by atoms with Gasteiger partial charge in [0.2, 0.25) is 33.7 Å². The zero-order valence-corrected chi connectivity index (χ0v) is 29.2. The predicted octanol–water partition coefficient (Wildman–Crippen LogP) is 4.38. The number of ether oxygens (including phenoxy) is 1. The molecule has 1 heterocycles. The van der Waals surface area contributed by atoms with Crippen molar-refractivity contribution in [2.75, 3.05) is 30.3 Å². The highest BCUT2D eigenvalue weighted by atomic mass is 35.5. The molecule has 276 valence electrons. The fourth-order valence-electron chi connectivity index (χ4n) is 4.59. The lowest BCUT2D eigenvalue weighted by atomic mass is 10.0. The molecule has 19 heteroatoms. The third kappa shape index (κ3) is 12.8. The molecule has 3 amide bonds. The Morgan fingerprint density at radius 3 is 2.29 bits per heavy atom. The molecule has 4 rings (SSSR count). The highest BCUT2D eigenvalue weighted by Gasteiger charge is 2.46. The van der Waals surface area contributed by atoms with E-state index < -0.39 is 51.4 Å². The van der Waals surface area contributed by atoms with Crippen LogP contribution in [0.4, 0.5) is 30.8 Å². The molecular formula is C32H38ClF3N8O6S. The minimum absolute atomic E-state index is 0.0250. The van der Waals surface area contributed by atoms with Crippen molar-refractivity contribution in [3.05, 3.63) is 65.2 Å². The molecule has 2 aliphatic carbocycles. The normalized spacial score (nSPS) is 15.7. The molecule has 0 atom stereocenters. The molecule has 14 nitrogen and oxygen atoms in total. The molecule has 0 radical (unpaired) electrons. The number of alkyl halides is 3. The Bertz CT molecular complexity index is 1780. The second kappa shape index (κ2) is 17.0. The minimum atomic E-state index is -4.62. The number of allylic oxidation sites excluding steroid dienone is 3. The largest absolute Gasteiger partial charge is 0.454 e. The van der Waals surface area contributed by atoms with E-state index in [0.717, 1.165) is 5.57 Å². The average Bonchev–Trinajstić information content (AvgIpc) is 3.98. The first-order valence-corrected chi connectivity index (χ1v) is 17.9. The van der Waals surface area contributed by atoms with Gasteiger partial charge in [-0.1, -0.05) is 30.3 Å². The molecule has 2 saturated carbocycles. The van der Waals surface area contributed by atoms with E-state index in [4.69, 9.17) is 16.3 Å². The van der Waals surface area contributed by atoms with Crippen LogP contribution in [-0.2, 0) is 19.6 Å². The van der Waals surface area contributed by atoms with Crippen molar-refractivity contribution < 1.29 is 40.7 Å². The van der Waals surface area contributed by atoms with Gasteiger partial charge < -0.3 is 26.0 Å². The molecule has 0 bridgehead atoms. The van der Waals surface area contributed by atoms with Gasteiger partial charge in [-0.05, 0) is 74.9 Å². The summed E-state index contributed by atoms with van der Waals surface area (Å²) >= 11 is 5.96. The van der Waals surface area contributed by atoms with Gasteiger partial charge in [0, 0.05) is 42.2 Å². The van der Waals surface area contributed by atoms with Crippen LogP contribution < -0.4 is 30.7 Å². The van der Waals surface area contributed by atoms with Gasteiger partial charge >= 0.3 is 12.2 Å². The third-order valence-electron chi connectivity index (χ3n) is 7.51. The van der Waals surface area contributed by atoms with Crippen molar-refractivity contribution in [3.8, 4) is 6.01 Å². The molecular weight excluding hydrogens is 717 g/mol. The number of benzene rings is 1. The van der Waals surface area contributed by atoms with E-state index in [1.165, 1.54) is 12.1 Å². The molecule has 2 aromatic rings. The van der Waals surface area contributed by atoms with E-state index in [-0.39, 0.29) is 43.7 Å². The van der Waals surface area contributed by atoms with Crippen LogP contribution in [0.2, 0.25) is 0 Å². The Balaban J connectivity index is 1.28. The van der Waals surface area contributed by atoms with Gasteiger partial charge in [-0.2, -0.15) is 28.1 Å². The highest BCUT2D eigenvalue weighted by molar-refractivity contribution is 7.90. The van der Waals surface area contributed by atoms with E-state index in [1.807, 2.05) is 4.72 Å². The number of carbonyl (C=O) groups excluding carboxylic acids is 3. The summed E-state index contributed by atoms with van der Waals surface area (Å²) in [5.74, 6) is -1.60. The zero-order valence-electron chi connectivity index (χ0n) is 27.6. The number of carbonyl (C=O) groups is 3. The quantitative estimate of drug-likeness (QED) is 0.101. The van der Waals surface area contributed by atoms with Crippen molar-refractivity contribution in [2.45, 2.75) is 68.8 Å². The number of hydrogen-bond acceptors (Lipinski definition) is 11. The van der Waals surface area contributed by atoms with Crippen LogP contribution in [0.5, 0.6) is 6.01 Å². The lowest BCUT2D eigenvalue weighted by Crippen LogP contribution is -2.36. The van der Waals surface area contributed by atoms with Gasteiger partial charge in [-0.3, -0.25) is 19.1 Å². The fourth-order valence-corrected chi connectivity index (χ4v) is 6.00. The molecule has 2 fully saturated rings. The van der Waals surface area contributed by atoms with Crippen molar-refractivity contribution in [3.63, 3.8) is 0 Å².